The van der Waals surface area contributed by atoms with Crippen LogP contribution in [0.25, 0.3) is 0 Å². The highest BCUT2D eigenvalue weighted by molar-refractivity contribution is 7.89. The van der Waals surface area contributed by atoms with Gasteiger partial charge in [-0.05, 0) is 56.8 Å². The van der Waals surface area contributed by atoms with E-state index in [-0.39, 0.29) is 10.8 Å². The Bertz CT molecular complexity index is 667. The van der Waals surface area contributed by atoms with Crippen LogP contribution in [0.4, 0.5) is 0 Å². The van der Waals surface area contributed by atoms with Crippen LogP contribution in [-0.2, 0) is 19.3 Å². The van der Waals surface area contributed by atoms with E-state index >= 15 is 0 Å². The molecule has 0 bridgehead atoms. The van der Waals surface area contributed by atoms with Gasteiger partial charge in [0.1, 0.15) is 0 Å². The predicted molar refractivity (Wildman–Crippen MR) is 87.6 cm³/mol. The van der Waals surface area contributed by atoms with E-state index in [4.69, 9.17) is 14.4 Å². The molecular weight excluding hydrogens is 301 g/mol. The van der Waals surface area contributed by atoms with Gasteiger partial charge in [-0.25, -0.2) is 13.6 Å². The number of primary sulfonamides is 1. The summed E-state index contributed by atoms with van der Waals surface area (Å²) in [6, 6.07) is 5.06. The molecule has 2 N–H and O–H groups in total. The SMILES string of the molecule is CC(C)c1cc(B2OC(C)(C)C(C)(C)O2)cc(S(N)(=O)=O)c1. The molecule has 122 valence electrons. The van der Waals surface area contributed by atoms with Gasteiger partial charge in [0.15, 0.2) is 0 Å². The van der Waals surface area contributed by atoms with Crippen molar-refractivity contribution in [2.75, 3.05) is 0 Å². The molecule has 1 fully saturated rings. The summed E-state index contributed by atoms with van der Waals surface area (Å²) >= 11 is 0. The fourth-order valence-corrected chi connectivity index (χ4v) is 2.86. The topological polar surface area (TPSA) is 78.6 Å². The molecule has 1 aromatic rings. The third-order valence-corrected chi connectivity index (χ3v) is 5.36. The first-order valence-corrected chi connectivity index (χ1v) is 8.91. The van der Waals surface area contributed by atoms with Gasteiger partial charge < -0.3 is 9.31 Å². The Hall–Kier alpha value is -0.885. The first-order chi connectivity index (χ1) is 9.83. The van der Waals surface area contributed by atoms with Crippen molar-refractivity contribution >= 4 is 22.6 Å². The van der Waals surface area contributed by atoms with Crippen molar-refractivity contribution in [2.45, 2.75) is 63.6 Å². The number of sulfonamides is 1. The van der Waals surface area contributed by atoms with Crippen molar-refractivity contribution in [3.05, 3.63) is 23.8 Å². The molecule has 7 heteroatoms. The van der Waals surface area contributed by atoms with Crippen molar-refractivity contribution in [1.82, 2.24) is 0 Å². The molecule has 0 unspecified atom stereocenters. The fourth-order valence-electron chi connectivity index (χ4n) is 2.26. The third-order valence-electron chi connectivity index (χ3n) is 4.47. The Morgan fingerprint density at radius 2 is 1.55 bits per heavy atom. The summed E-state index contributed by atoms with van der Waals surface area (Å²) in [5.74, 6) is 0.169. The number of hydrogen-bond donors (Lipinski definition) is 1. The molecule has 1 saturated heterocycles. The quantitative estimate of drug-likeness (QED) is 0.859. The highest BCUT2D eigenvalue weighted by Crippen LogP contribution is 2.36. The second kappa shape index (κ2) is 5.34. The second-order valence-electron chi connectivity index (χ2n) is 7.12. The molecule has 1 aliphatic rings. The number of rotatable bonds is 3. The molecule has 0 amide bonds. The Balaban J connectivity index is 2.51. The molecule has 0 spiro atoms. The molecule has 0 aliphatic carbocycles. The highest BCUT2D eigenvalue weighted by atomic mass is 32.2. The molecule has 0 aromatic heterocycles. The number of nitrogens with two attached hydrogens (primary N) is 1. The van der Waals surface area contributed by atoms with Crippen LogP contribution in [0.2, 0.25) is 0 Å². The van der Waals surface area contributed by atoms with E-state index in [9.17, 15) is 8.42 Å². The number of hydrogen-bond acceptors (Lipinski definition) is 4. The summed E-state index contributed by atoms with van der Waals surface area (Å²) in [5, 5.41) is 5.29. The minimum Gasteiger partial charge on any atom is -0.399 e. The van der Waals surface area contributed by atoms with Gasteiger partial charge in [-0.1, -0.05) is 19.9 Å². The molecule has 0 saturated carbocycles. The highest BCUT2D eigenvalue weighted by Gasteiger charge is 2.51. The van der Waals surface area contributed by atoms with Crippen LogP contribution >= 0.6 is 0 Å². The Morgan fingerprint density at radius 3 is 1.95 bits per heavy atom. The average molecular weight is 325 g/mol. The molecule has 0 atom stereocenters. The molecular formula is C15H24BNO4S. The lowest BCUT2D eigenvalue weighted by molar-refractivity contribution is 0.00578. The first kappa shape index (κ1) is 17.5. The molecule has 2 rings (SSSR count). The van der Waals surface area contributed by atoms with Gasteiger partial charge in [-0.3, -0.25) is 0 Å². The van der Waals surface area contributed by atoms with E-state index in [1.165, 1.54) is 6.07 Å². The van der Waals surface area contributed by atoms with E-state index in [0.29, 0.717) is 5.46 Å². The average Bonchev–Trinajstić information content (AvgIpc) is 2.57. The molecule has 0 radical (unpaired) electrons. The van der Waals surface area contributed by atoms with Crippen molar-refractivity contribution in [3.63, 3.8) is 0 Å². The van der Waals surface area contributed by atoms with Crippen molar-refractivity contribution < 1.29 is 17.7 Å². The van der Waals surface area contributed by atoms with Crippen molar-refractivity contribution in [2.24, 2.45) is 5.14 Å². The summed E-state index contributed by atoms with van der Waals surface area (Å²) < 4.78 is 35.4. The lowest BCUT2D eigenvalue weighted by Crippen LogP contribution is -2.41. The zero-order valence-corrected chi connectivity index (χ0v) is 14.8. The van der Waals surface area contributed by atoms with Gasteiger partial charge in [-0.2, -0.15) is 0 Å². The Labute approximate surface area is 133 Å². The molecule has 5 nitrogen and oxygen atoms in total. The van der Waals surface area contributed by atoms with Crippen LogP contribution in [-0.4, -0.2) is 26.7 Å². The lowest BCUT2D eigenvalue weighted by Gasteiger charge is -2.32. The van der Waals surface area contributed by atoms with Gasteiger partial charge in [0.25, 0.3) is 0 Å². The van der Waals surface area contributed by atoms with Gasteiger partial charge >= 0.3 is 7.12 Å². The van der Waals surface area contributed by atoms with E-state index in [2.05, 4.69) is 0 Å². The maximum Gasteiger partial charge on any atom is 0.494 e. The maximum atomic E-state index is 11.7. The zero-order valence-electron chi connectivity index (χ0n) is 14.0. The smallest absolute Gasteiger partial charge is 0.399 e. The molecule has 1 heterocycles. The minimum atomic E-state index is -3.78. The van der Waals surface area contributed by atoms with Gasteiger partial charge in [0.2, 0.25) is 10.0 Å². The third kappa shape index (κ3) is 3.22. The molecule has 1 aromatic carbocycles. The van der Waals surface area contributed by atoms with Crippen LogP contribution in [0.1, 0.15) is 53.0 Å². The Kier molecular flexibility index (Phi) is 4.24. The van der Waals surface area contributed by atoms with Crippen LogP contribution in [0, 0.1) is 0 Å². The van der Waals surface area contributed by atoms with Crippen molar-refractivity contribution in [3.8, 4) is 0 Å². The summed E-state index contributed by atoms with van der Waals surface area (Å²) in [5.41, 5.74) is 0.602. The summed E-state index contributed by atoms with van der Waals surface area (Å²) in [6.07, 6.45) is 0. The lowest BCUT2D eigenvalue weighted by atomic mass is 9.77. The van der Waals surface area contributed by atoms with E-state index in [1.54, 1.807) is 6.07 Å². The molecule has 1 aliphatic heterocycles. The minimum absolute atomic E-state index is 0.0865. The monoisotopic (exact) mass is 325 g/mol. The fraction of sp³-hybridized carbons (Fsp3) is 0.600. The van der Waals surface area contributed by atoms with E-state index in [1.807, 2.05) is 47.6 Å². The maximum absolute atomic E-state index is 11.7. The van der Waals surface area contributed by atoms with Gasteiger partial charge in [0, 0.05) is 0 Å². The van der Waals surface area contributed by atoms with Gasteiger partial charge in [-0.15, -0.1) is 0 Å². The van der Waals surface area contributed by atoms with E-state index < -0.39 is 28.3 Å². The zero-order chi connectivity index (χ0) is 16.9. The largest absolute Gasteiger partial charge is 0.494 e. The first-order valence-electron chi connectivity index (χ1n) is 7.37. The standard InChI is InChI=1S/C15H24BNO4S/c1-10(2)11-7-12(9-13(8-11)22(17,18)19)16-20-14(3,4)15(5,6)21-16/h7-10H,1-6H3,(H2,17,18,19). The summed E-state index contributed by atoms with van der Waals surface area (Å²) in [4.78, 5) is 0.0865. The summed E-state index contributed by atoms with van der Waals surface area (Å²) in [7, 11) is -4.39. The number of benzene rings is 1. The van der Waals surface area contributed by atoms with E-state index in [0.717, 1.165) is 5.56 Å². The predicted octanol–water partition coefficient (Wildman–Crippen LogP) is 1.76. The van der Waals surface area contributed by atoms with Crippen molar-refractivity contribution in [1.29, 1.82) is 0 Å². The second-order valence-corrected chi connectivity index (χ2v) is 8.68. The van der Waals surface area contributed by atoms with Crippen LogP contribution < -0.4 is 10.6 Å². The normalized spacial score (nSPS) is 20.6. The van der Waals surface area contributed by atoms with Crippen LogP contribution in [0.15, 0.2) is 23.1 Å². The summed E-state index contributed by atoms with van der Waals surface area (Å²) in [6.45, 7) is 11.8. The van der Waals surface area contributed by atoms with Crippen LogP contribution in [0.5, 0.6) is 0 Å². The van der Waals surface area contributed by atoms with Gasteiger partial charge in [0.05, 0.1) is 16.1 Å². The Morgan fingerprint density at radius 1 is 1.05 bits per heavy atom. The molecule has 22 heavy (non-hydrogen) atoms. The van der Waals surface area contributed by atoms with Crippen LogP contribution in [0.3, 0.4) is 0 Å².